The second-order valence-corrected chi connectivity index (χ2v) is 7.01. The fraction of sp³-hybridized carbons (Fsp3) is 0.318. The minimum atomic E-state index is 0.669. The smallest absolute Gasteiger partial charge is 0.224 e. The van der Waals surface area contributed by atoms with E-state index in [9.17, 15) is 0 Å². The molecule has 2 aromatic heterocycles. The van der Waals surface area contributed by atoms with Crippen LogP contribution in [0.25, 0.3) is 10.9 Å². The summed E-state index contributed by atoms with van der Waals surface area (Å²) in [6.45, 7) is 2.85. The Balaban J connectivity index is 1.47. The van der Waals surface area contributed by atoms with E-state index in [1.54, 1.807) is 5.57 Å². The normalized spacial score (nSPS) is 14.0. The molecule has 0 aliphatic heterocycles. The highest BCUT2D eigenvalue weighted by molar-refractivity contribution is 5.91. The van der Waals surface area contributed by atoms with E-state index in [4.69, 9.17) is 0 Å². The maximum Gasteiger partial charge on any atom is 0.224 e. The third kappa shape index (κ3) is 4.42. The lowest BCUT2D eigenvalue weighted by atomic mass is 9.97. The Morgan fingerprint density at radius 3 is 2.89 bits per heavy atom. The Labute approximate surface area is 160 Å². The van der Waals surface area contributed by atoms with Gasteiger partial charge in [0.05, 0.1) is 11.2 Å². The fourth-order valence-corrected chi connectivity index (χ4v) is 3.52. The van der Waals surface area contributed by atoms with E-state index in [1.165, 1.54) is 25.7 Å². The molecule has 138 valence electrons. The number of nitrogens with zero attached hydrogens (tertiary/aromatic N) is 3. The summed E-state index contributed by atoms with van der Waals surface area (Å²) in [4.78, 5) is 13.7. The van der Waals surface area contributed by atoms with Crippen LogP contribution in [0.4, 0.5) is 17.5 Å². The average Bonchev–Trinajstić information content (AvgIpc) is 2.69. The number of pyridine rings is 1. The van der Waals surface area contributed by atoms with E-state index in [1.807, 2.05) is 37.4 Å². The van der Waals surface area contributed by atoms with Gasteiger partial charge in [0, 0.05) is 29.9 Å². The van der Waals surface area contributed by atoms with Gasteiger partial charge in [-0.05, 0) is 51.2 Å². The fourth-order valence-electron chi connectivity index (χ4n) is 3.52. The van der Waals surface area contributed by atoms with Crippen LogP contribution in [0.1, 0.15) is 37.8 Å². The van der Waals surface area contributed by atoms with Gasteiger partial charge in [-0.1, -0.05) is 29.8 Å². The predicted molar refractivity (Wildman–Crippen MR) is 111 cm³/mol. The van der Waals surface area contributed by atoms with Crippen molar-refractivity contribution in [2.75, 3.05) is 17.2 Å². The first-order chi connectivity index (χ1) is 13.3. The zero-order valence-corrected chi connectivity index (χ0v) is 15.7. The zero-order valence-electron chi connectivity index (χ0n) is 15.7. The maximum absolute atomic E-state index is 4.64. The van der Waals surface area contributed by atoms with Crippen LogP contribution < -0.4 is 10.6 Å². The van der Waals surface area contributed by atoms with Crippen LogP contribution in [0.5, 0.6) is 0 Å². The summed E-state index contributed by atoms with van der Waals surface area (Å²) in [5, 5.41) is 7.88. The predicted octanol–water partition coefficient (Wildman–Crippen LogP) is 5.38. The molecule has 0 saturated heterocycles. The number of anilines is 3. The second-order valence-electron chi connectivity index (χ2n) is 7.01. The summed E-state index contributed by atoms with van der Waals surface area (Å²) < 4.78 is 0. The lowest BCUT2D eigenvalue weighted by Gasteiger charge is -2.14. The summed E-state index contributed by atoms with van der Waals surface area (Å²) in [6, 6.07) is 12.1. The van der Waals surface area contributed by atoms with Crippen molar-refractivity contribution in [2.24, 2.45) is 0 Å². The molecule has 5 nitrogen and oxygen atoms in total. The van der Waals surface area contributed by atoms with E-state index in [0.717, 1.165) is 41.1 Å². The van der Waals surface area contributed by atoms with E-state index in [2.05, 4.69) is 43.8 Å². The molecule has 0 fully saturated rings. The number of allylic oxidation sites excluding steroid dienone is 1. The van der Waals surface area contributed by atoms with Gasteiger partial charge in [0.15, 0.2) is 0 Å². The molecule has 5 heteroatoms. The lowest BCUT2D eigenvalue weighted by Crippen LogP contribution is -2.09. The molecule has 1 aromatic carbocycles. The van der Waals surface area contributed by atoms with Gasteiger partial charge in [-0.3, -0.25) is 4.98 Å². The van der Waals surface area contributed by atoms with E-state index < -0.39 is 0 Å². The number of benzene rings is 1. The first-order valence-corrected chi connectivity index (χ1v) is 9.66. The minimum Gasteiger partial charge on any atom is -0.354 e. The molecule has 27 heavy (non-hydrogen) atoms. The average molecular weight is 359 g/mol. The zero-order chi connectivity index (χ0) is 18.5. The number of fused-ring (bicyclic) bond motifs is 1. The monoisotopic (exact) mass is 359 g/mol. The molecule has 0 amide bonds. The van der Waals surface area contributed by atoms with Crippen LogP contribution in [-0.4, -0.2) is 21.5 Å². The first kappa shape index (κ1) is 17.5. The molecule has 0 unspecified atom stereocenters. The van der Waals surface area contributed by atoms with Gasteiger partial charge >= 0.3 is 0 Å². The summed E-state index contributed by atoms with van der Waals surface area (Å²) in [5.41, 5.74) is 4.38. The van der Waals surface area contributed by atoms with Gasteiger partial charge < -0.3 is 10.6 Å². The van der Waals surface area contributed by atoms with Gasteiger partial charge in [-0.25, -0.2) is 4.98 Å². The molecule has 1 aliphatic carbocycles. The molecule has 0 bridgehead atoms. The highest BCUT2D eigenvalue weighted by Crippen LogP contribution is 2.24. The molecule has 2 heterocycles. The number of nitrogens with one attached hydrogen (secondary N) is 2. The third-order valence-electron chi connectivity index (χ3n) is 4.86. The third-order valence-corrected chi connectivity index (χ3v) is 4.86. The molecule has 0 saturated carbocycles. The van der Waals surface area contributed by atoms with Crippen molar-refractivity contribution in [1.29, 1.82) is 0 Å². The van der Waals surface area contributed by atoms with Gasteiger partial charge in [0.1, 0.15) is 5.82 Å². The number of rotatable bonds is 6. The quantitative estimate of drug-likeness (QED) is 0.579. The summed E-state index contributed by atoms with van der Waals surface area (Å²) in [5.74, 6) is 1.45. The molecular weight excluding hydrogens is 334 g/mol. The Morgan fingerprint density at radius 2 is 2.00 bits per heavy atom. The van der Waals surface area contributed by atoms with Crippen molar-refractivity contribution in [1.82, 2.24) is 15.0 Å². The standard InChI is InChI=1S/C22H25N5/c1-16-15-20(26-19-11-5-9-18-10-6-13-23-21(18)19)27-22(25-16)24-14-12-17-7-3-2-4-8-17/h5-7,9-11,13,15H,2-4,8,12,14H2,1H3,(H2,24,25,26,27). The van der Waals surface area contributed by atoms with Crippen molar-refractivity contribution < 1.29 is 0 Å². The Hall–Kier alpha value is -2.95. The lowest BCUT2D eigenvalue weighted by molar-refractivity contribution is 0.679. The van der Waals surface area contributed by atoms with E-state index in [-0.39, 0.29) is 0 Å². The Morgan fingerprint density at radius 1 is 1.07 bits per heavy atom. The second kappa shape index (κ2) is 8.16. The van der Waals surface area contributed by atoms with Crippen LogP contribution in [0.15, 0.2) is 54.2 Å². The molecule has 4 rings (SSSR count). The van der Waals surface area contributed by atoms with Gasteiger partial charge in [0.25, 0.3) is 0 Å². The van der Waals surface area contributed by atoms with Crippen LogP contribution in [0.3, 0.4) is 0 Å². The number of aromatic nitrogens is 3. The van der Waals surface area contributed by atoms with Gasteiger partial charge in [0.2, 0.25) is 5.95 Å². The number of hydrogen-bond acceptors (Lipinski definition) is 5. The molecule has 0 radical (unpaired) electrons. The molecule has 0 atom stereocenters. The maximum atomic E-state index is 4.64. The molecule has 2 N–H and O–H groups in total. The minimum absolute atomic E-state index is 0.669. The molecule has 0 spiro atoms. The van der Waals surface area contributed by atoms with Crippen molar-refractivity contribution in [3.8, 4) is 0 Å². The highest BCUT2D eigenvalue weighted by Gasteiger charge is 2.07. The molecule has 1 aliphatic rings. The van der Waals surface area contributed by atoms with Crippen molar-refractivity contribution in [2.45, 2.75) is 39.0 Å². The van der Waals surface area contributed by atoms with Crippen molar-refractivity contribution in [3.63, 3.8) is 0 Å². The van der Waals surface area contributed by atoms with Crippen LogP contribution >= 0.6 is 0 Å². The summed E-state index contributed by atoms with van der Waals surface area (Å²) >= 11 is 0. The largest absolute Gasteiger partial charge is 0.354 e. The molecular formula is C22H25N5. The number of aryl methyl sites for hydroxylation is 1. The first-order valence-electron chi connectivity index (χ1n) is 9.66. The highest BCUT2D eigenvalue weighted by atomic mass is 15.1. The van der Waals surface area contributed by atoms with Crippen LogP contribution in [-0.2, 0) is 0 Å². The van der Waals surface area contributed by atoms with Gasteiger partial charge in [-0.2, -0.15) is 4.98 Å². The summed E-state index contributed by atoms with van der Waals surface area (Å²) in [7, 11) is 0. The molecule has 3 aromatic rings. The topological polar surface area (TPSA) is 62.7 Å². The summed E-state index contributed by atoms with van der Waals surface area (Å²) in [6.07, 6.45) is 10.4. The van der Waals surface area contributed by atoms with Crippen LogP contribution in [0.2, 0.25) is 0 Å². The van der Waals surface area contributed by atoms with E-state index >= 15 is 0 Å². The van der Waals surface area contributed by atoms with Crippen molar-refractivity contribution in [3.05, 3.63) is 59.9 Å². The van der Waals surface area contributed by atoms with Crippen molar-refractivity contribution >= 4 is 28.4 Å². The SMILES string of the molecule is Cc1cc(Nc2cccc3cccnc23)nc(NCCC2=CCCCC2)n1. The Bertz CT molecular complexity index is 959. The Kier molecular flexibility index (Phi) is 5.28. The van der Waals surface area contributed by atoms with E-state index in [0.29, 0.717) is 5.95 Å². The number of para-hydroxylation sites is 1. The number of hydrogen-bond donors (Lipinski definition) is 2. The van der Waals surface area contributed by atoms with Gasteiger partial charge in [-0.15, -0.1) is 0 Å². The van der Waals surface area contributed by atoms with Crippen LogP contribution in [0, 0.1) is 6.92 Å².